The number of nitrogens with one attached hydrogen (secondary N) is 2. The largest absolute Gasteiger partial charge is 0.439 e. The van der Waals surface area contributed by atoms with Crippen molar-refractivity contribution < 1.29 is 43.3 Å². The molecule has 0 fully saturated rings. The number of methoxy groups -OCH3 is 2. The number of hydrogen-bond acceptors (Lipinski definition) is 9. The molecule has 0 aromatic carbocycles. The SMILES string of the molecule is CO[C@H]1C[C@H](C)CC2=C(NC(C)=O)C(=O)C=C(NC(=O)/C(C)=C/C=C\[C@@H](OC)[C@@H](OC(N)=O)/C(C)=C/[C@H](C)[C@H]1O)C2=O. The van der Waals surface area contributed by atoms with Crippen molar-refractivity contribution in [1.29, 1.82) is 0 Å². The minimum atomic E-state index is -1.02. The Labute approximate surface area is 245 Å². The molecule has 1 heterocycles. The molecule has 0 saturated heterocycles. The van der Waals surface area contributed by atoms with Crippen LogP contribution in [0, 0.1) is 11.8 Å². The molecule has 3 amide bonds. The number of aliphatic hydroxyl groups excluding tert-OH is 1. The summed E-state index contributed by atoms with van der Waals surface area (Å²) in [5.41, 5.74) is 5.76. The molecule has 5 N–H and O–H groups in total. The molecule has 230 valence electrons. The molecule has 12 heteroatoms. The van der Waals surface area contributed by atoms with Gasteiger partial charge < -0.3 is 35.7 Å². The smallest absolute Gasteiger partial charge is 0.405 e. The summed E-state index contributed by atoms with van der Waals surface area (Å²) < 4.78 is 16.5. The van der Waals surface area contributed by atoms with Crippen LogP contribution in [0.25, 0.3) is 0 Å². The van der Waals surface area contributed by atoms with Gasteiger partial charge in [-0.1, -0.05) is 38.2 Å². The van der Waals surface area contributed by atoms with E-state index in [1.54, 1.807) is 26.0 Å². The van der Waals surface area contributed by atoms with Gasteiger partial charge in [-0.25, -0.2) is 4.79 Å². The van der Waals surface area contributed by atoms with Gasteiger partial charge in [-0.15, -0.1) is 0 Å². The first kappa shape index (κ1) is 34.3. The van der Waals surface area contributed by atoms with Gasteiger partial charge in [0.2, 0.25) is 17.5 Å². The van der Waals surface area contributed by atoms with Gasteiger partial charge in [-0.05, 0) is 38.2 Å². The predicted octanol–water partition coefficient (Wildman–Crippen LogP) is 1.90. The van der Waals surface area contributed by atoms with Crippen molar-refractivity contribution in [3.63, 3.8) is 0 Å². The summed E-state index contributed by atoms with van der Waals surface area (Å²) in [5.74, 6) is -3.17. The number of primary amides is 1. The van der Waals surface area contributed by atoms with E-state index in [-0.39, 0.29) is 41.3 Å². The second kappa shape index (κ2) is 15.4. The second-order valence-corrected chi connectivity index (χ2v) is 10.6. The zero-order valence-corrected chi connectivity index (χ0v) is 25.1. The zero-order valence-electron chi connectivity index (χ0n) is 25.1. The summed E-state index contributed by atoms with van der Waals surface area (Å²) in [6, 6.07) is 0. The molecule has 2 aliphatic rings. The third kappa shape index (κ3) is 9.07. The number of rotatable bonds is 4. The van der Waals surface area contributed by atoms with Crippen LogP contribution in [0.4, 0.5) is 4.79 Å². The average molecular weight is 588 g/mol. The molecule has 0 unspecified atom stereocenters. The van der Waals surface area contributed by atoms with Gasteiger partial charge in [0.05, 0.1) is 23.6 Å². The molecule has 2 bridgehead atoms. The Morgan fingerprint density at radius 3 is 2.36 bits per heavy atom. The Morgan fingerprint density at radius 2 is 1.79 bits per heavy atom. The fourth-order valence-electron chi connectivity index (χ4n) is 4.90. The molecule has 12 nitrogen and oxygen atoms in total. The number of carbonyl (C=O) groups excluding carboxylic acids is 5. The van der Waals surface area contributed by atoms with E-state index < -0.39 is 59.8 Å². The van der Waals surface area contributed by atoms with Gasteiger partial charge in [0.25, 0.3) is 5.91 Å². The first-order chi connectivity index (χ1) is 19.7. The standard InChI is InChI=1S/C30H41N3O9/c1-15-11-20-25(32-19(5)34)22(35)14-21(27(20)37)33-29(38)16(2)9-8-10-23(40-6)28(42-30(31)39)18(4)13-17(3)26(36)24(12-15)41-7/h8-10,13-15,17,23-24,26,28,36H,11-12H2,1-7H3,(H2,31,39)(H,32,34)(H,33,38)/b10-8-,16-9+,18-13+/t15-,17+,23-,24+,26-,28+/m1/s1. The van der Waals surface area contributed by atoms with Crippen molar-refractivity contribution in [3.05, 3.63) is 58.5 Å². The predicted molar refractivity (Wildman–Crippen MR) is 153 cm³/mol. The molecule has 0 radical (unpaired) electrons. The zero-order chi connectivity index (χ0) is 31.7. The number of aliphatic hydroxyl groups is 1. The minimum Gasteiger partial charge on any atom is -0.439 e. The first-order valence-corrected chi connectivity index (χ1v) is 13.6. The second-order valence-electron chi connectivity index (χ2n) is 10.6. The molecule has 1 aliphatic carbocycles. The van der Waals surface area contributed by atoms with E-state index in [2.05, 4.69) is 10.6 Å². The highest BCUT2D eigenvalue weighted by atomic mass is 16.6. The van der Waals surface area contributed by atoms with E-state index in [1.165, 1.54) is 40.2 Å². The van der Waals surface area contributed by atoms with Crippen molar-refractivity contribution in [2.45, 2.75) is 71.9 Å². The number of ether oxygens (including phenoxy) is 3. The van der Waals surface area contributed by atoms with E-state index in [9.17, 15) is 29.1 Å². The quantitative estimate of drug-likeness (QED) is 0.282. The summed E-state index contributed by atoms with van der Waals surface area (Å²) in [4.78, 5) is 62.9. The third-order valence-corrected chi connectivity index (χ3v) is 7.09. The molecular weight excluding hydrogens is 546 g/mol. The van der Waals surface area contributed by atoms with Gasteiger partial charge in [-0.2, -0.15) is 0 Å². The minimum absolute atomic E-state index is 0.0439. The molecule has 6 atom stereocenters. The van der Waals surface area contributed by atoms with Gasteiger partial charge in [0.1, 0.15) is 6.10 Å². The summed E-state index contributed by atoms with van der Waals surface area (Å²) >= 11 is 0. The average Bonchev–Trinajstić information content (AvgIpc) is 2.91. The maximum atomic E-state index is 13.5. The lowest BCUT2D eigenvalue weighted by atomic mass is 9.85. The van der Waals surface area contributed by atoms with Crippen LogP contribution >= 0.6 is 0 Å². The van der Waals surface area contributed by atoms with Crippen LogP contribution in [0.1, 0.15) is 47.5 Å². The highest BCUT2D eigenvalue weighted by Gasteiger charge is 2.33. The number of nitrogens with two attached hydrogens (primary N) is 1. The van der Waals surface area contributed by atoms with Crippen molar-refractivity contribution in [2.24, 2.45) is 17.6 Å². The van der Waals surface area contributed by atoms with Gasteiger partial charge in [-0.3, -0.25) is 19.2 Å². The summed E-state index contributed by atoms with van der Waals surface area (Å²) in [5, 5.41) is 16.1. The van der Waals surface area contributed by atoms with Gasteiger partial charge >= 0.3 is 6.09 Å². The molecule has 0 spiro atoms. The van der Waals surface area contributed by atoms with Crippen LogP contribution in [-0.2, 0) is 33.4 Å². The van der Waals surface area contributed by atoms with Crippen molar-refractivity contribution >= 4 is 29.5 Å². The number of amides is 3. The van der Waals surface area contributed by atoms with Gasteiger partial charge in [0.15, 0.2) is 6.10 Å². The van der Waals surface area contributed by atoms with Crippen LogP contribution in [0.2, 0.25) is 0 Å². The van der Waals surface area contributed by atoms with Crippen LogP contribution in [0.5, 0.6) is 0 Å². The molecular formula is C30H41N3O9. The Morgan fingerprint density at radius 1 is 1.12 bits per heavy atom. The summed E-state index contributed by atoms with van der Waals surface area (Å²) in [6.45, 7) is 8.04. The van der Waals surface area contributed by atoms with E-state index >= 15 is 0 Å². The summed E-state index contributed by atoms with van der Waals surface area (Å²) in [6.07, 6.45) is 3.15. The van der Waals surface area contributed by atoms with Crippen LogP contribution in [0.15, 0.2) is 58.5 Å². The topological polar surface area (TPSA) is 183 Å². The van der Waals surface area contributed by atoms with Crippen LogP contribution in [-0.4, -0.2) is 73.2 Å². The van der Waals surface area contributed by atoms with E-state index in [4.69, 9.17) is 19.9 Å². The highest BCUT2D eigenvalue weighted by Crippen LogP contribution is 2.28. The van der Waals surface area contributed by atoms with Crippen LogP contribution < -0.4 is 16.4 Å². The Hall–Kier alpha value is -3.87. The normalized spacial score (nSPS) is 31.6. The Balaban J connectivity index is 2.64. The van der Waals surface area contributed by atoms with E-state index in [0.717, 1.165) is 6.08 Å². The van der Waals surface area contributed by atoms with Gasteiger partial charge in [0, 0.05) is 44.3 Å². The maximum absolute atomic E-state index is 13.5. The third-order valence-electron chi connectivity index (χ3n) is 7.09. The number of fused-ring (bicyclic) bond motifs is 2. The van der Waals surface area contributed by atoms with Crippen molar-refractivity contribution in [2.75, 3.05) is 14.2 Å². The van der Waals surface area contributed by atoms with Crippen LogP contribution in [0.3, 0.4) is 0 Å². The van der Waals surface area contributed by atoms with E-state index in [1.807, 2.05) is 6.92 Å². The molecule has 1 aliphatic heterocycles. The van der Waals surface area contributed by atoms with Crippen molar-refractivity contribution in [3.8, 4) is 0 Å². The monoisotopic (exact) mass is 587 g/mol. The first-order valence-electron chi connectivity index (χ1n) is 13.6. The Bertz CT molecular complexity index is 1240. The number of allylic oxidation sites excluding steroid dienone is 4. The molecule has 2 rings (SSSR count). The number of ketones is 2. The Kier molecular flexibility index (Phi) is 12.6. The lowest BCUT2D eigenvalue weighted by Gasteiger charge is -2.30. The van der Waals surface area contributed by atoms with Crippen molar-refractivity contribution in [1.82, 2.24) is 10.6 Å². The lowest BCUT2D eigenvalue weighted by molar-refractivity contribution is -0.122. The maximum Gasteiger partial charge on any atom is 0.405 e. The van der Waals surface area contributed by atoms with E-state index in [0.29, 0.717) is 5.57 Å². The summed E-state index contributed by atoms with van der Waals surface area (Å²) in [7, 11) is 2.87. The molecule has 0 aromatic heterocycles. The number of carbonyl (C=O) groups is 5. The number of Topliss-reactive ketones (excluding diaryl/α,β-unsaturated/α-hetero) is 1. The molecule has 0 saturated carbocycles. The lowest BCUT2D eigenvalue weighted by Crippen LogP contribution is -2.38. The molecule has 42 heavy (non-hydrogen) atoms. The molecule has 0 aromatic rings. The highest BCUT2D eigenvalue weighted by molar-refractivity contribution is 6.24. The fourth-order valence-corrected chi connectivity index (χ4v) is 4.90. The fraction of sp³-hybridized carbons (Fsp3) is 0.500. The number of hydrogen-bond donors (Lipinski definition) is 4.